The number of aromatic amines is 1. The number of hydrogen-bond donors (Lipinski definition) is 18. The third-order valence-electron chi connectivity index (χ3n) is 13.1. The zero-order valence-electron chi connectivity index (χ0n) is 48.5. The number of thiol groups is 1. The van der Waals surface area contributed by atoms with E-state index < -0.39 is 181 Å². The van der Waals surface area contributed by atoms with Crippen molar-refractivity contribution in [2.24, 2.45) is 29.2 Å². The number of benzene rings is 2. The number of nitrogens with one attached hydrogen (secondary N) is 10. The predicted octanol–water partition coefficient (Wildman–Crippen LogP) is -3.26. The second kappa shape index (κ2) is 34.6. The summed E-state index contributed by atoms with van der Waals surface area (Å²) >= 11 is 4.20. The van der Waals surface area contributed by atoms with Gasteiger partial charge in [-0.15, -0.1) is 0 Å². The normalized spacial score (nSPS) is 14.6. The van der Waals surface area contributed by atoms with E-state index in [4.69, 9.17) is 11.5 Å². The summed E-state index contributed by atoms with van der Waals surface area (Å²) in [7, 11) is 0. The standard InChI is InChI=1S/C55H77N13O18S/c1-25(2)15-39(55(85)86)66-50(80)38(21-43(74)75)65-54(84)45(27(5)6)68-51(81)35(18-30-22-58-24-59-30)61-52(82)40(23-87)67-48(78)36(19-41(56)71)62-46(76)33(16-28-7-11-31(69)12-8-28)60-49(79)37(20-42(72)73)63-47(77)34(64-53(83)44(57)26(3)4)17-29-9-13-32(70)14-10-29/h7-14,22,24-27,33-40,44-45,69-70,87H,15-21,23,57H2,1-6H3,(H2,56,71)(H,58,59)(H,60,79)(H,61,82)(H,62,76)(H,63,77)(H,64,83)(H,65,84)(H,66,80)(H,67,78)(H,68,81)(H,72,73)(H,74,75)(H,85,86)/t33-,34-,35-,36-,37-,38-,39-,40-,44-,45-/m0/s1. The minimum atomic E-state index is -1.96. The molecular formula is C55H77N13O18S. The van der Waals surface area contributed by atoms with E-state index in [9.17, 15) is 87.9 Å². The fourth-order valence-corrected chi connectivity index (χ4v) is 8.56. The van der Waals surface area contributed by atoms with Gasteiger partial charge in [0.05, 0.1) is 31.6 Å². The largest absolute Gasteiger partial charge is 0.508 e. The van der Waals surface area contributed by atoms with Crippen molar-refractivity contribution < 1.29 is 87.9 Å². The number of carbonyl (C=O) groups excluding carboxylic acids is 10. The van der Waals surface area contributed by atoms with Crippen LogP contribution in [0.15, 0.2) is 61.1 Å². The van der Waals surface area contributed by atoms with Crippen LogP contribution in [0, 0.1) is 17.8 Å². The molecule has 32 heteroatoms. The third kappa shape index (κ3) is 24.7. The van der Waals surface area contributed by atoms with Crippen molar-refractivity contribution in [2.45, 2.75) is 147 Å². The number of aliphatic carboxylic acids is 3. The lowest BCUT2D eigenvalue weighted by Gasteiger charge is -2.28. The molecule has 31 nitrogen and oxygen atoms in total. The van der Waals surface area contributed by atoms with E-state index >= 15 is 0 Å². The van der Waals surface area contributed by atoms with Gasteiger partial charge in [0.25, 0.3) is 0 Å². The summed E-state index contributed by atoms with van der Waals surface area (Å²) in [4.78, 5) is 180. The van der Waals surface area contributed by atoms with Crippen LogP contribution in [0.1, 0.15) is 84.0 Å². The summed E-state index contributed by atoms with van der Waals surface area (Å²) in [6.45, 7) is 9.66. The van der Waals surface area contributed by atoms with Gasteiger partial charge in [-0.1, -0.05) is 65.8 Å². The fourth-order valence-electron chi connectivity index (χ4n) is 8.30. The van der Waals surface area contributed by atoms with Gasteiger partial charge in [-0.2, -0.15) is 12.6 Å². The summed E-state index contributed by atoms with van der Waals surface area (Å²) < 4.78 is 0. The summed E-state index contributed by atoms with van der Waals surface area (Å²) in [5, 5.41) is 70.2. The Morgan fingerprint density at radius 3 is 1.23 bits per heavy atom. The molecule has 476 valence electrons. The highest BCUT2D eigenvalue weighted by Gasteiger charge is 2.38. The molecule has 19 N–H and O–H groups in total. The Bertz CT molecular complexity index is 2910. The smallest absolute Gasteiger partial charge is 0.326 e. The third-order valence-corrected chi connectivity index (χ3v) is 13.5. The summed E-state index contributed by atoms with van der Waals surface area (Å²) in [5.74, 6) is -17.8. The number of hydrogen-bond acceptors (Lipinski definition) is 18. The van der Waals surface area contributed by atoms with Gasteiger partial charge in [0.15, 0.2) is 0 Å². The highest BCUT2D eigenvalue weighted by atomic mass is 32.1. The lowest BCUT2D eigenvalue weighted by Crippen LogP contribution is -2.62. The minimum Gasteiger partial charge on any atom is -0.508 e. The topological polar surface area (TPSA) is 512 Å². The lowest BCUT2D eigenvalue weighted by atomic mass is 10.0. The number of primary amides is 1. The van der Waals surface area contributed by atoms with Crippen molar-refractivity contribution >= 4 is 89.6 Å². The molecule has 0 spiro atoms. The Morgan fingerprint density at radius 1 is 0.483 bits per heavy atom. The Hall–Kier alpha value is -9.33. The first-order valence-electron chi connectivity index (χ1n) is 27.4. The molecular weight excluding hydrogens is 1160 g/mol. The van der Waals surface area contributed by atoms with Gasteiger partial charge in [-0.3, -0.25) is 57.5 Å². The van der Waals surface area contributed by atoms with Crippen molar-refractivity contribution in [2.75, 3.05) is 5.75 Å². The molecule has 1 aromatic heterocycles. The molecule has 0 unspecified atom stereocenters. The SMILES string of the molecule is CC(C)C[C@H](NC(=O)[C@H](CC(=O)O)NC(=O)[C@@H](NC(=O)[C@H](Cc1cnc[nH]1)NC(=O)[C@H](CS)NC(=O)[C@H](CC(N)=O)NC(=O)[C@H](Cc1ccc(O)cc1)NC(=O)[C@H](CC(=O)O)NC(=O)[C@H](Cc1ccc(O)cc1)NC(=O)[C@@H](N)C(C)C)C(C)C)C(=O)O. The second-order valence-electron chi connectivity index (χ2n) is 21.5. The van der Waals surface area contributed by atoms with E-state index in [1.807, 2.05) is 0 Å². The first-order valence-corrected chi connectivity index (χ1v) is 28.0. The van der Waals surface area contributed by atoms with E-state index in [1.54, 1.807) is 27.7 Å². The van der Waals surface area contributed by atoms with Crippen LogP contribution in [-0.4, -0.2) is 179 Å². The molecule has 0 bridgehead atoms. The lowest BCUT2D eigenvalue weighted by molar-refractivity contribution is -0.144. The molecule has 0 aliphatic carbocycles. The second-order valence-corrected chi connectivity index (χ2v) is 21.9. The number of carbonyl (C=O) groups is 13. The van der Waals surface area contributed by atoms with Crippen molar-refractivity contribution in [1.29, 1.82) is 0 Å². The number of aromatic hydroxyl groups is 2. The van der Waals surface area contributed by atoms with Crippen molar-refractivity contribution in [3.63, 3.8) is 0 Å². The first-order chi connectivity index (χ1) is 40.8. The van der Waals surface area contributed by atoms with Crippen molar-refractivity contribution in [1.82, 2.24) is 57.8 Å². The molecule has 3 aromatic rings. The maximum Gasteiger partial charge on any atom is 0.326 e. The number of phenolic OH excluding ortho intramolecular Hbond substituents is 2. The maximum atomic E-state index is 14.3. The average molecular weight is 1240 g/mol. The molecule has 0 saturated heterocycles. The quantitative estimate of drug-likeness (QED) is 0.0254. The molecule has 0 aliphatic rings. The number of aromatic nitrogens is 2. The minimum absolute atomic E-state index is 0.0338. The summed E-state index contributed by atoms with van der Waals surface area (Å²) in [6, 6.07) is -5.64. The Morgan fingerprint density at radius 2 is 0.851 bits per heavy atom. The molecule has 3 rings (SSSR count). The summed E-state index contributed by atoms with van der Waals surface area (Å²) in [6.07, 6.45) is -1.52. The van der Waals surface area contributed by atoms with Crippen LogP contribution < -0.4 is 59.3 Å². The molecule has 10 amide bonds. The number of nitrogens with zero attached hydrogens (tertiary/aromatic N) is 1. The fraction of sp³-hybridized carbons (Fsp3) is 0.491. The van der Waals surface area contributed by atoms with Gasteiger partial charge in [0, 0.05) is 36.9 Å². The van der Waals surface area contributed by atoms with Gasteiger partial charge in [-0.05, 0) is 59.6 Å². The van der Waals surface area contributed by atoms with Crippen LogP contribution in [0.4, 0.5) is 0 Å². The van der Waals surface area contributed by atoms with Gasteiger partial charge in [0.2, 0.25) is 59.1 Å². The van der Waals surface area contributed by atoms with E-state index in [0.717, 1.165) is 0 Å². The number of carboxylic acid groups (broad SMARTS) is 3. The van der Waals surface area contributed by atoms with Gasteiger partial charge < -0.3 is 89.8 Å². The van der Waals surface area contributed by atoms with Gasteiger partial charge >= 0.3 is 17.9 Å². The summed E-state index contributed by atoms with van der Waals surface area (Å²) in [5.41, 5.74) is 12.5. The molecule has 87 heavy (non-hydrogen) atoms. The number of carboxylic acids is 3. The highest BCUT2D eigenvalue weighted by Crippen LogP contribution is 2.16. The van der Waals surface area contributed by atoms with E-state index in [2.05, 4.69) is 70.4 Å². The number of nitrogens with two attached hydrogens (primary N) is 2. The van der Waals surface area contributed by atoms with Gasteiger partial charge in [0.1, 0.15) is 65.9 Å². The highest BCUT2D eigenvalue weighted by molar-refractivity contribution is 7.80. The van der Waals surface area contributed by atoms with E-state index in [1.165, 1.54) is 74.9 Å². The number of rotatable bonds is 36. The molecule has 0 fully saturated rings. The molecule has 0 radical (unpaired) electrons. The Labute approximate surface area is 504 Å². The van der Waals surface area contributed by atoms with Crippen molar-refractivity contribution in [3.8, 4) is 11.5 Å². The Kier molecular flexibility index (Phi) is 28.6. The number of amides is 10. The van der Waals surface area contributed by atoms with Crippen LogP contribution >= 0.6 is 12.6 Å². The van der Waals surface area contributed by atoms with Crippen LogP contribution in [0.3, 0.4) is 0 Å². The van der Waals surface area contributed by atoms with E-state index in [-0.39, 0.29) is 47.9 Å². The molecule has 0 saturated carbocycles. The van der Waals surface area contributed by atoms with Crippen LogP contribution in [0.25, 0.3) is 0 Å². The number of H-pyrrole nitrogens is 1. The molecule has 0 aliphatic heterocycles. The Balaban J connectivity index is 1.93. The van der Waals surface area contributed by atoms with Gasteiger partial charge in [-0.25, -0.2) is 9.78 Å². The molecule has 10 atom stereocenters. The number of phenols is 2. The average Bonchev–Trinajstić information content (AvgIpc) is 3.52. The van der Waals surface area contributed by atoms with Crippen LogP contribution in [-0.2, 0) is 81.6 Å². The van der Waals surface area contributed by atoms with Crippen LogP contribution in [0.5, 0.6) is 11.5 Å². The maximum absolute atomic E-state index is 14.3. The molecule has 1 heterocycles. The number of imidazole rings is 1. The van der Waals surface area contributed by atoms with Crippen LogP contribution in [0.2, 0.25) is 0 Å². The monoisotopic (exact) mass is 1240 g/mol. The van der Waals surface area contributed by atoms with Crippen molar-refractivity contribution in [3.05, 3.63) is 77.9 Å². The molecule has 2 aromatic carbocycles. The first kappa shape index (κ1) is 71.9. The zero-order chi connectivity index (χ0) is 65.4. The predicted molar refractivity (Wildman–Crippen MR) is 310 cm³/mol. The van der Waals surface area contributed by atoms with E-state index in [0.29, 0.717) is 5.56 Å². The zero-order valence-corrected chi connectivity index (χ0v) is 49.4.